The molecule has 0 radical (unpaired) electrons. The standard InChI is InChI=1S/C47H36O32/c48-15-1-11(2-16(49)26(15)57)36(61)70-10-23-30-32(73-37(62)12-3-17(50)27(58)18(51)4-12)33(40(72-23)77-38(63)13-5-19(52)28(59)20(53)6-13)74-39(64)14-7-21(54)29(60)31-25(14)34-43(41(65)75-30)8-24(56)45(67,46(34,68)78-31)79-44(43)42(66)76-35-22(55)9-71-47(35,44)69/h1-7,22-23,30,32-35,40,48-55,57-60,67-69H,8-10H2. The van der Waals surface area contributed by atoms with Gasteiger partial charge >= 0.3 is 35.8 Å². The van der Waals surface area contributed by atoms with Crippen LogP contribution in [0.15, 0.2) is 42.5 Å². The summed E-state index contributed by atoms with van der Waals surface area (Å²) in [6, 6.07) is 3.49. The Kier molecular flexibility index (Phi) is 11.0. The van der Waals surface area contributed by atoms with E-state index in [0.717, 1.165) is 0 Å². The maximum Gasteiger partial charge on any atom is 0.346 e. The first kappa shape index (κ1) is 51.8. The van der Waals surface area contributed by atoms with Crippen molar-refractivity contribution in [2.75, 3.05) is 13.2 Å². The minimum absolute atomic E-state index is 0.360. The van der Waals surface area contributed by atoms with Gasteiger partial charge in [0.1, 0.15) is 24.2 Å². The van der Waals surface area contributed by atoms with Crippen LogP contribution in [0.5, 0.6) is 69.0 Å². The molecule has 4 aromatic carbocycles. The van der Waals surface area contributed by atoms with Gasteiger partial charge in [-0.25, -0.2) is 24.0 Å². The molecule has 1 aliphatic carbocycles. The van der Waals surface area contributed by atoms with E-state index in [9.17, 15) is 101 Å². The zero-order valence-electron chi connectivity index (χ0n) is 38.9. The van der Waals surface area contributed by atoms with Gasteiger partial charge in [-0.1, -0.05) is 0 Å². The minimum Gasteiger partial charge on any atom is -0.504 e. The molecule has 0 aromatic heterocycles. The molecular weight excluding hydrogens is 1080 g/mol. The third kappa shape index (κ3) is 6.75. The number of carbonyl (C=O) groups excluding carboxylic acids is 7. The number of fused-ring (bicyclic) bond motifs is 4. The maximum atomic E-state index is 16.1. The van der Waals surface area contributed by atoms with E-state index >= 15 is 9.59 Å². The van der Waals surface area contributed by atoms with Gasteiger partial charge in [0.15, 0.2) is 87.3 Å². The summed E-state index contributed by atoms with van der Waals surface area (Å²) in [5, 5.41) is 163. The molecule has 0 amide bonds. The maximum absolute atomic E-state index is 16.1. The Hall–Kier alpha value is -9.31. The van der Waals surface area contributed by atoms with E-state index in [0.29, 0.717) is 42.5 Å². The van der Waals surface area contributed by atoms with Crippen molar-refractivity contribution in [2.45, 2.75) is 78.2 Å². The van der Waals surface area contributed by atoms with Gasteiger partial charge in [0.2, 0.25) is 29.5 Å². The second-order valence-corrected chi connectivity index (χ2v) is 18.9. The molecule has 416 valence electrons. The van der Waals surface area contributed by atoms with Crippen LogP contribution in [0.25, 0.3) is 0 Å². The molecule has 2 spiro atoms. The number of aliphatic hydroxyl groups is 4. The zero-order valence-corrected chi connectivity index (χ0v) is 38.9. The first-order valence-electron chi connectivity index (χ1n) is 22.7. The molecule has 4 aromatic rings. The molecule has 32 heteroatoms. The molecule has 13 unspecified atom stereocenters. The number of ether oxygens (including phenoxy) is 10. The van der Waals surface area contributed by atoms with Gasteiger partial charge in [-0.2, -0.15) is 0 Å². The van der Waals surface area contributed by atoms with Crippen LogP contribution in [0.1, 0.15) is 59.3 Å². The van der Waals surface area contributed by atoms with Crippen molar-refractivity contribution < 1.29 is 158 Å². The van der Waals surface area contributed by atoms with Crippen molar-refractivity contribution in [1.82, 2.24) is 0 Å². The SMILES string of the molecule is O=C(OCC1OC(OC(=O)c2cc(O)c(O)c(O)c2)C2OC(=O)c3cc(O)c(O)c4c3C3C(O)(O4)C4(O)OC5(C(=O)OC6C(O)COC65O)C3(CC4=O)C(=O)OC1C2OC(=O)c1cc(O)c(O)c(O)c1)c1cc(O)c(O)c(O)c1. The van der Waals surface area contributed by atoms with E-state index in [1.807, 2.05) is 0 Å². The van der Waals surface area contributed by atoms with Crippen LogP contribution in [0.4, 0.5) is 0 Å². The first-order chi connectivity index (χ1) is 37.0. The molecule has 6 fully saturated rings. The predicted octanol–water partition coefficient (Wildman–Crippen LogP) is -2.85. The largest absolute Gasteiger partial charge is 0.504 e. The van der Waals surface area contributed by atoms with Crippen LogP contribution in [-0.2, 0) is 57.0 Å². The van der Waals surface area contributed by atoms with Crippen molar-refractivity contribution in [2.24, 2.45) is 5.41 Å². The lowest BCUT2D eigenvalue weighted by molar-refractivity contribution is -0.459. The fraction of sp³-hybridized carbons (Fsp3) is 0.340. The average Bonchev–Trinajstić information content (AvgIpc) is 1.68. The molecule has 13 atom stereocenters. The van der Waals surface area contributed by atoms with Gasteiger partial charge in [-0.3, -0.25) is 9.59 Å². The quantitative estimate of drug-likeness (QED) is 0.0503. The lowest BCUT2D eigenvalue weighted by Gasteiger charge is -2.64. The lowest BCUT2D eigenvalue weighted by atomic mass is 9.47. The zero-order chi connectivity index (χ0) is 57.1. The number of benzene rings is 4. The van der Waals surface area contributed by atoms with Crippen LogP contribution in [0, 0.1) is 5.41 Å². The number of hydrogen-bond donors (Lipinski definition) is 15. The lowest BCUT2D eigenvalue weighted by Crippen LogP contribution is -2.88. The number of carbonyl (C=O) groups is 7. The third-order valence-electron chi connectivity index (χ3n) is 14.6. The van der Waals surface area contributed by atoms with Crippen LogP contribution >= 0.6 is 0 Å². The van der Waals surface area contributed by atoms with Gasteiger partial charge in [0, 0.05) is 12.0 Å². The van der Waals surface area contributed by atoms with Crippen molar-refractivity contribution in [3.05, 3.63) is 70.3 Å². The normalized spacial score (nSPS) is 33.6. The highest BCUT2D eigenvalue weighted by Crippen LogP contribution is 2.75. The third-order valence-corrected chi connectivity index (χ3v) is 14.6. The summed E-state index contributed by atoms with van der Waals surface area (Å²) in [6.07, 6.45) is -19.5. The van der Waals surface area contributed by atoms with Gasteiger partial charge in [-0.15, -0.1) is 0 Å². The van der Waals surface area contributed by atoms with E-state index in [-0.39, 0.29) is 0 Å². The summed E-state index contributed by atoms with van der Waals surface area (Å²) in [7, 11) is 0. The Morgan fingerprint density at radius 1 is 0.608 bits per heavy atom. The number of ketones is 1. The fourth-order valence-corrected chi connectivity index (χ4v) is 11.0. The van der Waals surface area contributed by atoms with Gasteiger partial charge in [-0.05, 0) is 42.5 Å². The minimum atomic E-state index is -4.05. The van der Waals surface area contributed by atoms with Crippen molar-refractivity contribution in [1.29, 1.82) is 0 Å². The summed E-state index contributed by atoms with van der Waals surface area (Å²) in [6.45, 7) is -2.42. The number of Topliss-reactive ketones (excluding diaryl/α,β-unsaturated/α-hetero) is 1. The molecule has 8 aliphatic rings. The highest BCUT2D eigenvalue weighted by molar-refractivity contribution is 6.06. The van der Waals surface area contributed by atoms with Crippen LogP contribution < -0.4 is 4.74 Å². The molecule has 7 aliphatic heterocycles. The average molecular weight is 1110 g/mol. The number of aliphatic hydroxyl groups excluding tert-OH is 1. The van der Waals surface area contributed by atoms with E-state index < -0.39 is 235 Å². The second kappa shape index (κ2) is 16.8. The van der Waals surface area contributed by atoms with Crippen LogP contribution in [-0.4, -0.2) is 197 Å². The van der Waals surface area contributed by atoms with Crippen LogP contribution in [0.3, 0.4) is 0 Å². The Morgan fingerprint density at radius 2 is 1.13 bits per heavy atom. The van der Waals surface area contributed by atoms with Gasteiger partial charge in [0.25, 0.3) is 11.6 Å². The summed E-state index contributed by atoms with van der Waals surface area (Å²) < 4.78 is 56.7. The van der Waals surface area contributed by atoms with E-state index in [4.69, 9.17) is 47.4 Å². The first-order valence-corrected chi connectivity index (χ1v) is 22.7. The summed E-state index contributed by atoms with van der Waals surface area (Å²) >= 11 is 0. The molecule has 32 nitrogen and oxygen atoms in total. The molecule has 12 rings (SSSR count). The summed E-state index contributed by atoms with van der Waals surface area (Å²) in [5.74, 6) is -41.8. The molecule has 5 saturated heterocycles. The molecule has 79 heavy (non-hydrogen) atoms. The molecule has 7 heterocycles. The Bertz CT molecular complexity index is 3380. The predicted molar refractivity (Wildman–Crippen MR) is 233 cm³/mol. The smallest absolute Gasteiger partial charge is 0.346 e. The monoisotopic (exact) mass is 1110 g/mol. The second-order valence-electron chi connectivity index (χ2n) is 18.9. The Morgan fingerprint density at radius 3 is 1.68 bits per heavy atom. The van der Waals surface area contributed by atoms with Gasteiger partial charge < -0.3 is 124 Å². The summed E-state index contributed by atoms with van der Waals surface area (Å²) in [4.78, 5) is 103. The summed E-state index contributed by atoms with van der Waals surface area (Å²) in [5.41, 5.74) is -12.4. The Balaban J connectivity index is 1.16. The topological polar surface area (TPSA) is 515 Å². The molecule has 4 bridgehead atoms. The van der Waals surface area contributed by atoms with Crippen LogP contribution in [0.2, 0.25) is 0 Å². The van der Waals surface area contributed by atoms with E-state index in [2.05, 4.69) is 0 Å². The molecule has 1 saturated carbocycles. The van der Waals surface area contributed by atoms with Crippen molar-refractivity contribution in [3.8, 4) is 69.0 Å². The number of phenols is 11. The van der Waals surface area contributed by atoms with Gasteiger partial charge in [0.05, 0.1) is 34.8 Å². The number of rotatable bonds is 7. The fourth-order valence-electron chi connectivity index (χ4n) is 11.0. The van der Waals surface area contributed by atoms with E-state index in [1.54, 1.807) is 0 Å². The highest BCUT2D eigenvalue weighted by atomic mass is 16.8. The van der Waals surface area contributed by atoms with Crippen molar-refractivity contribution in [3.63, 3.8) is 0 Å². The Labute approximate surface area is 434 Å². The highest BCUT2D eigenvalue weighted by Gasteiger charge is 2.97. The van der Waals surface area contributed by atoms with E-state index in [1.165, 1.54) is 0 Å². The number of phenolic OH excluding ortho intramolecular Hbond substituents is 11. The molecular formula is C47H36O32. The number of esters is 6. The molecule has 15 N–H and O–H groups in total. The van der Waals surface area contributed by atoms with Crippen molar-refractivity contribution >= 4 is 41.6 Å². The number of hydrogen-bond acceptors (Lipinski definition) is 32. The number of aromatic hydroxyl groups is 11.